The number of benzene rings is 1. The largest absolute Gasteiger partial charge is 0.444 e. The number of ether oxygens (including phenoxy) is 1. The van der Waals surface area contributed by atoms with E-state index in [2.05, 4.69) is 57.3 Å². The van der Waals surface area contributed by atoms with Crippen molar-refractivity contribution < 1.29 is 9.53 Å². The van der Waals surface area contributed by atoms with Crippen molar-refractivity contribution in [1.29, 1.82) is 0 Å². The Labute approximate surface area is 140 Å². The second kappa shape index (κ2) is 6.91. The van der Waals surface area contributed by atoms with E-state index in [1.54, 1.807) is 0 Å². The molecule has 0 saturated carbocycles. The van der Waals surface area contributed by atoms with Crippen molar-refractivity contribution >= 4 is 6.09 Å². The lowest BCUT2D eigenvalue weighted by atomic mass is 9.78. The summed E-state index contributed by atoms with van der Waals surface area (Å²) in [5.74, 6) is 0. The lowest BCUT2D eigenvalue weighted by Gasteiger charge is -2.31. The van der Waals surface area contributed by atoms with Crippen LogP contribution >= 0.6 is 0 Å². The Morgan fingerprint density at radius 3 is 2.13 bits per heavy atom. The predicted molar refractivity (Wildman–Crippen MR) is 95.8 cm³/mol. The van der Waals surface area contributed by atoms with E-state index in [0.29, 0.717) is 13.1 Å². The molecule has 4 nitrogen and oxygen atoms in total. The van der Waals surface area contributed by atoms with Crippen molar-refractivity contribution in [1.82, 2.24) is 5.32 Å². The van der Waals surface area contributed by atoms with Gasteiger partial charge in [-0.15, -0.1) is 0 Å². The molecule has 0 saturated heterocycles. The standard InChI is InChI=1S/C19H32N2O2/c1-17(2,3)14-9-8-10-15(11-14)19(7,12-20)13-21-16(22)23-18(4,5)6/h8-11H,12-13,20H2,1-7H3,(H,21,22). The van der Waals surface area contributed by atoms with Gasteiger partial charge in [0.05, 0.1) is 0 Å². The summed E-state index contributed by atoms with van der Waals surface area (Å²) < 4.78 is 5.30. The smallest absolute Gasteiger partial charge is 0.407 e. The molecule has 0 heterocycles. The average molecular weight is 320 g/mol. The number of carbonyl (C=O) groups excluding carboxylic acids is 1. The average Bonchev–Trinajstić information content (AvgIpc) is 2.42. The molecule has 1 aromatic rings. The second-order valence-electron chi connectivity index (χ2n) is 8.45. The number of hydrogen-bond donors (Lipinski definition) is 2. The Hall–Kier alpha value is -1.55. The minimum absolute atomic E-state index is 0.0735. The molecular weight excluding hydrogens is 288 g/mol. The van der Waals surface area contributed by atoms with E-state index >= 15 is 0 Å². The van der Waals surface area contributed by atoms with Crippen LogP contribution in [0.2, 0.25) is 0 Å². The zero-order valence-electron chi connectivity index (χ0n) is 15.6. The molecule has 1 atom stereocenters. The zero-order valence-corrected chi connectivity index (χ0v) is 15.6. The summed E-state index contributed by atoms with van der Waals surface area (Å²) in [4.78, 5) is 11.9. The van der Waals surface area contributed by atoms with Gasteiger partial charge in [0.2, 0.25) is 0 Å². The number of nitrogens with one attached hydrogen (secondary N) is 1. The summed E-state index contributed by atoms with van der Waals surface area (Å²) in [5, 5.41) is 2.85. The molecule has 0 fully saturated rings. The maximum Gasteiger partial charge on any atom is 0.407 e. The number of amides is 1. The van der Waals surface area contributed by atoms with Gasteiger partial charge in [0.15, 0.2) is 0 Å². The van der Waals surface area contributed by atoms with Crippen molar-refractivity contribution in [3.8, 4) is 0 Å². The number of carbonyl (C=O) groups is 1. The minimum atomic E-state index is -0.505. The Balaban J connectivity index is 2.91. The fraction of sp³-hybridized carbons (Fsp3) is 0.632. The van der Waals surface area contributed by atoms with Crippen molar-refractivity contribution in [2.75, 3.05) is 13.1 Å². The summed E-state index contributed by atoms with van der Waals surface area (Å²) in [6.07, 6.45) is -0.413. The third-order valence-corrected chi connectivity index (χ3v) is 3.90. The highest BCUT2D eigenvalue weighted by Crippen LogP contribution is 2.28. The first-order valence-electron chi connectivity index (χ1n) is 8.15. The highest BCUT2D eigenvalue weighted by Gasteiger charge is 2.28. The molecule has 130 valence electrons. The van der Waals surface area contributed by atoms with Crippen LogP contribution in [0.25, 0.3) is 0 Å². The maximum atomic E-state index is 11.9. The molecule has 0 aromatic heterocycles. The van der Waals surface area contributed by atoms with Gasteiger partial charge in [-0.05, 0) is 37.3 Å². The van der Waals surface area contributed by atoms with E-state index in [4.69, 9.17) is 10.5 Å². The van der Waals surface area contributed by atoms with E-state index in [0.717, 1.165) is 5.56 Å². The summed E-state index contributed by atoms with van der Waals surface area (Å²) in [5.41, 5.74) is 7.64. The summed E-state index contributed by atoms with van der Waals surface area (Å²) in [7, 11) is 0. The second-order valence-corrected chi connectivity index (χ2v) is 8.45. The molecule has 3 N–H and O–H groups in total. The van der Waals surface area contributed by atoms with E-state index in [9.17, 15) is 4.79 Å². The number of nitrogens with two attached hydrogens (primary N) is 1. The lowest BCUT2D eigenvalue weighted by Crippen LogP contribution is -2.45. The quantitative estimate of drug-likeness (QED) is 0.888. The van der Waals surface area contributed by atoms with E-state index in [1.807, 2.05) is 20.8 Å². The monoisotopic (exact) mass is 320 g/mol. The molecule has 1 unspecified atom stereocenters. The SMILES string of the molecule is CC(C)(C)OC(=O)NCC(C)(CN)c1cccc(C(C)(C)C)c1. The highest BCUT2D eigenvalue weighted by atomic mass is 16.6. The first kappa shape index (κ1) is 19.5. The molecule has 0 spiro atoms. The zero-order chi connectivity index (χ0) is 17.9. The van der Waals surface area contributed by atoms with Crippen LogP contribution in [0.1, 0.15) is 59.6 Å². The van der Waals surface area contributed by atoms with Crippen molar-refractivity contribution in [3.63, 3.8) is 0 Å². The maximum absolute atomic E-state index is 11.9. The van der Waals surface area contributed by atoms with Crippen molar-refractivity contribution in [2.45, 2.75) is 64.9 Å². The molecule has 23 heavy (non-hydrogen) atoms. The fourth-order valence-corrected chi connectivity index (χ4v) is 2.23. The first-order valence-corrected chi connectivity index (χ1v) is 8.15. The molecule has 1 rings (SSSR count). The van der Waals surface area contributed by atoms with Gasteiger partial charge in [0.1, 0.15) is 5.60 Å². The van der Waals surface area contributed by atoms with Crippen LogP contribution in [0.3, 0.4) is 0 Å². The van der Waals surface area contributed by atoms with Gasteiger partial charge in [0.25, 0.3) is 0 Å². The van der Waals surface area contributed by atoms with Crippen LogP contribution in [-0.4, -0.2) is 24.8 Å². The van der Waals surface area contributed by atoms with Crippen LogP contribution in [-0.2, 0) is 15.6 Å². The van der Waals surface area contributed by atoms with Gasteiger partial charge < -0.3 is 15.8 Å². The molecule has 0 aliphatic rings. The normalized spacial score (nSPS) is 15.0. The molecule has 4 heteroatoms. The van der Waals surface area contributed by atoms with Crippen LogP contribution < -0.4 is 11.1 Å². The molecule has 0 aliphatic carbocycles. The Kier molecular flexibility index (Phi) is 5.86. The van der Waals surface area contributed by atoms with E-state index < -0.39 is 11.7 Å². The number of alkyl carbamates (subject to hydrolysis) is 1. The van der Waals surface area contributed by atoms with Crippen LogP contribution in [0.15, 0.2) is 24.3 Å². The van der Waals surface area contributed by atoms with Gasteiger partial charge in [-0.3, -0.25) is 0 Å². The summed E-state index contributed by atoms with van der Waals surface area (Å²) in [6.45, 7) is 15.0. The van der Waals surface area contributed by atoms with Crippen LogP contribution in [0.4, 0.5) is 4.79 Å². The molecule has 1 amide bonds. The number of rotatable bonds is 4. The first-order chi connectivity index (χ1) is 10.4. The predicted octanol–water partition coefficient (Wildman–Crippen LogP) is 3.73. The van der Waals surface area contributed by atoms with Crippen molar-refractivity contribution in [2.24, 2.45) is 5.73 Å². The van der Waals surface area contributed by atoms with Gasteiger partial charge in [-0.2, -0.15) is 0 Å². The highest BCUT2D eigenvalue weighted by molar-refractivity contribution is 5.67. The van der Waals surface area contributed by atoms with Gasteiger partial charge in [-0.25, -0.2) is 4.79 Å². The molecular formula is C19H32N2O2. The third-order valence-electron chi connectivity index (χ3n) is 3.90. The van der Waals surface area contributed by atoms with Crippen LogP contribution in [0, 0.1) is 0 Å². The molecule has 0 aliphatic heterocycles. The lowest BCUT2D eigenvalue weighted by molar-refractivity contribution is 0.0516. The van der Waals surface area contributed by atoms with Gasteiger partial charge >= 0.3 is 6.09 Å². The Morgan fingerprint density at radius 2 is 1.65 bits per heavy atom. The third kappa shape index (κ3) is 5.87. The molecule has 0 radical (unpaired) electrons. The van der Waals surface area contributed by atoms with E-state index in [1.165, 1.54) is 5.56 Å². The van der Waals surface area contributed by atoms with E-state index in [-0.39, 0.29) is 10.8 Å². The topological polar surface area (TPSA) is 64.3 Å². The van der Waals surface area contributed by atoms with Gasteiger partial charge in [0, 0.05) is 18.5 Å². The minimum Gasteiger partial charge on any atom is -0.444 e. The van der Waals surface area contributed by atoms with Gasteiger partial charge in [-0.1, -0.05) is 52.0 Å². The summed E-state index contributed by atoms with van der Waals surface area (Å²) >= 11 is 0. The summed E-state index contributed by atoms with van der Waals surface area (Å²) in [6, 6.07) is 8.43. The Morgan fingerprint density at radius 1 is 1.09 bits per heavy atom. The number of hydrogen-bond acceptors (Lipinski definition) is 3. The Bertz CT molecular complexity index is 541. The molecule has 0 bridgehead atoms. The van der Waals surface area contributed by atoms with Crippen LogP contribution in [0.5, 0.6) is 0 Å². The molecule has 1 aromatic carbocycles. The fourth-order valence-electron chi connectivity index (χ4n) is 2.23. The van der Waals surface area contributed by atoms with Crippen molar-refractivity contribution in [3.05, 3.63) is 35.4 Å².